The highest BCUT2D eigenvalue weighted by atomic mass is 16.6. The molecule has 0 spiro atoms. The Kier molecular flexibility index (Phi) is 6.79. The van der Waals surface area contributed by atoms with E-state index in [4.69, 9.17) is 31.9 Å². The fraction of sp³-hybridized carbons (Fsp3) is 0.444. The van der Waals surface area contributed by atoms with Crippen molar-refractivity contribution in [3.63, 3.8) is 0 Å². The van der Waals surface area contributed by atoms with Crippen LogP contribution in [0.4, 0.5) is 4.79 Å². The summed E-state index contributed by atoms with van der Waals surface area (Å²) in [7, 11) is 1.25. The monoisotopic (exact) mass is 596 g/mol. The van der Waals surface area contributed by atoms with Gasteiger partial charge in [-0.3, -0.25) is 4.90 Å². The molecule has 2 aliphatic heterocycles. The lowest BCUT2D eigenvalue weighted by Crippen LogP contribution is -2.47. The van der Waals surface area contributed by atoms with E-state index >= 15 is 0 Å². The van der Waals surface area contributed by atoms with Gasteiger partial charge in [0.15, 0.2) is 28.8 Å². The molecule has 1 saturated heterocycles. The molecule has 16 nitrogen and oxygen atoms in total. The molecule has 1 amide bonds. The Labute approximate surface area is 244 Å². The smallest absolute Gasteiger partial charge is 0.413 e. The molecule has 4 aromatic rings. The Hall–Kier alpha value is -4.99. The van der Waals surface area contributed by atoms with Crippen LogP contribution in [0.15, 0.2) is 47.7 Å². The summed E-state index contributed by atoms with van der Waals surface area (Å²) < 4.78 is 44.0. The first-order valence-electron chi connectivity index (χ1n) is 13.2. The SMILES string of the molecule is COC(=O)c1coc(-c2coc([C@@H]3COC(c4coc(-c5coc([C@@H]6COC(C)(C)N6C(=O)OC(C)(C)C)n5)n4)=N3)n2)n1. The van der Waals surface area contributed by atoms with E-state index in [1.807, 2.05) is 0 Å². The Morgan fingerprint density at radius 1 is 0.884 bits per heavy atom. The van der Waals surface area contributed by atoms with Gasteiger partial charge in [-0.05, 0) is 34.6 Å². The number of hydrogen-bond donors (Lipinski definition) is 0. The fourth-order valence-electron chi connectivity index (χ4n) is 4.44. The van der Waals surface area contributed by atoms with Crippen molar-refractivity contribution in [2.75, 3.05) is 20.3 Å². The minimum Gasteiger partial charge on any atom is -0.473 e. The third-order valence-electron chi connectivity index (χ3n) is 6.40. The molecule has 6 heterocycles. The molecule has 0 bridgehead atoms. The van der Waals surface area contributed by atoms with Crippen molar-refractivity contribution >= 4 is 18.0 Å². The van der Waals surface area contributed by atoms with Gasteiger partial charge in [-0.2, -0.15) is 0 Å². The van der Waals surface area contributed by atoms with Crippen LogP contribution in [0, 0.1) is 0 Å². The van der Waals surface area contributed by atoms with Crippen LogP contribution in [-0.2, 0) is 18.9 Å². The zero-order chi connectivity index (χ0) is 30.5. The van der Waals surface area contributed by atoms with E-state index in [9.17, 15) is 9.59 Å². The number of rotatable bonds is 6. The van der Waals surface area contributed by atoms with E-state index < -0.39 is 35.5 Å². The Bertz CT molecular complexity index is 1690. The van der Waals surface area contributed by atoms with Crippen molar-refractivity contribution in [3.8, 4) is 23.2 Å². The number of methoxy groups -OCH3 is 1. The maximum absolute atomic E-state index is 13.0. The summed E-state index contributed by atoms with van der Waals surface area (Å²) in [4.78, 5) is 47.9. The number of nitrogens with zero attached hydrogens (tertiary/aromatic N) is 6. The lowest BCUT2D eigenvalue weighted by Gasteiger charge is -2.34. The summed E-state index contributed by atoms with van der Waals surface area (Å²) in [6, 6.07) is -1.19. The summed E-state index contributed by atoms with van der Waals surface area (Å²) in [6.45, 7) is 9.21. The number of ether oxygens (including phenoxy) is 4. The number of esters is 1. The van der Waals surface area contributed by atoms with E-state index in [1.54, 1.807) is 34.6 Å². The van der Waals surface area contributed by atoms with E-state index in [0.29, 0.717) is 11.4 Å². The number of hydrogen-bond acceptors (Lipinski definition) is 15. The Morgan fingerprint density at radius 2 is 1.53 bits per heavy atom. The third-order valence-corrected chi connectivity index (χ3v) is 6.40. The molecule has 0 aliphatic carbocycles. The van der Waals surface area contributed by atoms with E-state index in [2.05, 4.69) is 29.7 Å². The van der Waals surface area contributed by atoms with Crippen molar-refractivity contribution in [3.05, 3.63) is 48.2 Å². The maximum Gasteiger partial charge on any atom is 0.413 e. The third kappa shape index (κ3) is 5.48. The zero-order valence-corrected chi connectivity index (χ0v) is 24.1. The van der Waals surface area contributed by atoms with E-state index in [-0.39, 0.29) is 54.1 Å². The second-order valence-electron chi connectivity index (χ2n) is 11.1. The van der Waals surface area contributed by atoms with Crippen LogP contribution in [0.25, 0.3) is 23.2 Å². The van der Waals surface area contributed by atoms with Crippen molar-refractivity contribution < 1.29 is 46.2 Å². The van der Waals surface area contributed by atoms with Gasteiger partial charge in [0, 0.05) is 0 Å². The first-order chi connectivity index (χ1) is 20.4. The number of oxazole rings is 4. The molecule has 1 fully saturated rings. The van der Waals surface area contributed by atoms with Crippen molar-refractivity contribution in [2.45, 2.75) is 58.0 Å². The van der Waals surface area contributed by atoms with Crippen LogP contribution in [-0.4, -0.2) is 74.4 Å². The molecule has 226 valence electrons. The molecular formula is C27H28N6O10. The van der Waals surface area contributed by atoms with Gasteiger partial charge >= 0.3 is 12.1 Å². The maximum atomic E-state index is 13.0. The van der Waals surface area contributed by atoms with E-state index in [0.717, 1.165) is 0 Å². The first kappa shape index (κ1) is 28.1. The predicted octanol–water partition coefficient (Wildman–Crippen LogP) is 4.32. The second kappa shape index (κ2) is 10.4. The molecule has 6 rings (SSSR count). The average molecular weight is 597 g/mol. The van der Waals surface area contributed by atoms with Crippen LogP contribution in [0.2, 0.25) is 0 Å². The average Bonchev–Trinajstić information content (AvgIpc) is 3.78. The summed E-state index contributed by atoms with van der Waals surface area (Å²) in [6.07, 6.45) is 4.72. The van der Waals surface area contributed by atoms with Crippen molar-refractivity contribution in [1.82, 2.24) is 24.8 Å². The summed E-state index contributed by atoms with van der Waals surface area (Å²) in [5.41, 5.74) is -0.711. The van der Waals surface area contributed by atoms with Gasteiger partial charge in [0.1, 0.15) is 49.0 Å². The fourth-order valence-corrected chi connectivity index (χ4v) is 4.44. The first-order valence-corrected chi connectivity index (χ1v) is 13.2. The minimum atomic E-state index is -0.934. The van der Waals surface area contributed by atoms with Gasteiger partial charge in [0.05, 0.1) is 13.7 Å². The number of amides is 1. The summed E-state index contributed by atoms with van der Waals surface area (Å²) in [5.74, 6) is 0.327. The quantitative estimate of drug-likeness (QED) is 0.286. The molecule has 2 aliphatic rings. The molecule has 43 heavy (non-hydrogen) atoms. The minimum absolute atomic E-state index is 0.00778. The van der Waals surface area contributed by atoms with Crippen molar-refractivity contribution in [2.24, 2.45) is 4.99 Å². The largest absolute Gasteiger partial charge is 0.473 e. The zero-order valence-electron chi connectivity index (χ0n) is 24.1. The number of aromatic nitrogens is 4. The van der Waals surface area contributed by atoms with Gasteiger partial charge in [-0.15, -0.1) is 0 Å². The van der Waals surface area contributed by atoms with Gasteiger partial charge in [0.25, 0.3) is 0 Å². The van der Waals surface area contributed by atoms with Crippen LogP contribution in [0.1, 0.15) is 74.7 Å². The Balaban J connectivity index is 1.16. The lowest BCUT2D eigenvalue weighted by molar-refractivity contribution is -0.0634. The molecule has 0 radical (unpaired) electrons. The molecule has 16 heteroatoms. The van der Waals surface area contributed by atoms with Crippen LogP contribution in [0.3, 0.4) is 0 Å². The molecule has 2 atom stereocenters. The predicted molar refractivity (Wildman–Crippen MR) is 141 cm³/mol. The molecule has 0 N–H and O–H groups in total. The molecule has 4 aromatic heterocycles. The number of carbonyl (C=O) groups is 2. The summed E-state index contributed by atoms with van der Waals surface area (Å²) in [5, 5.41) is 0. The van der Waals surface area contributed by atoms with Gasteiger partial charge in [-0.25, -0.2) is 34.5 Å². The molecule has 0 saturated carbocycles. The normalized spacial score (nSPS) is 19.8. The van der Waals surface area contributed by atoms with Crippen LogP contribution in [0.5, 0.6) is 0 Å². The molecule has 0 aromatic carbocycles. The second-order valence-corrected chi connectivity index (χ2v) is 11.1. The van der Waals surface area contributed by atoms with Crippen molar-refractivity contribution in [1.29, 1.82) is 0 Å². The molecular weight excluding hydrogens is 568 g/mol. The standard InChI is InChI=1S/C27H28N6O10/c1-26(2,3)43-25(35)33-18(12-42-27(33,4)5)23-31-16(10-41-23)21-29-14(8-39-21)19-28-13(7-37-19)20-30-15(9-38-20)22-32-17(11-40-22)24(34)36-6/h8-11,13,18H,7,12H2,1-6H3/t13-,18-/m0/s1. The Morgan fingerprint density at radius 3 is 2.26 bits per heavy atom. The van der Waals surface area contributed by atoms with Gasteiger partial charge < -0.3 is 36.6 Å². The van der Waals surface area contributed by atoms with E-state index in [1.165, 1.54) is 37.1 Å². The number of carbonyl (C=O) groups excluding carboxylic acids is 2. The van der Waals surface area contributed by atoms with Gasteiger partial charge in [-0.1, -0.05) is 0 Å². The summed E-state index contributed by atoms with van der Waals surface area (Å²) >= 11 is 0. The van der Waals surface area contributed by atoms with Gasteiger partial charge in [0.2, 0.25) is 29.5 Å². The van der Waals surface area contributed by atoms with Crippen LogP contribution >= 0.6 is 0 Å². The highest BCUT2D eigenvalue weighted by molar-refractivity contribution is 5.93. The highest BCUT2D eigenvalue weighted by Gasteiger charge is 2.48. The molecule has 0 unspecified atom stereocenters. The van der Waals surface area contributed by atoms with Crippen LogP contribution < -0.4 is 0 Å². The topological polar surface area (TPSA) is 191 Å². The lowest BCUT2D eigenvalue weighted by atomic mass is 10.2. The number of aliphatic imine (C=N–C) groups is 1. The highest BCUT2D eigenvalue weighted by Crippen LogP contribution is 2.38.